The Hall–Kier alpha value is -1.22. The van der Waals surface area contributed by atoms with Gasteiger partial charge in [-0.1, -0.05) is 6.92 Å². The van der Waals surface area contributed by atoms with Crippen LogP contribution in [0.3, 0.4) is 0 Å². The fraction of sp³-hybridized carbons (Fsp3) is 0.818. The maximum atomic E-state index is 11.6. The van der Waals surface area contributed by atoms with E-state index in [-0.39, 0.29) is 25.7 Å². The van der Waals surface area contributed by atoms with Crippen molar-refractivity contribution in [1.29, 1.82) is 0 Å². The van der Waals surface area contributed by atoms with Gasteiger partial charge in [-0.05, 0) is 0 Å². The molecule has 0 saturated carbocycles. The molecule has 0 aromatic carbocycles. The Kier molecular flexibility index (Phi) is 4.70. The van der Waals surface area contributed by atoms with Gasteiger partial charge in [0.05, 0.1) is 0 Å². The fourth-order valence-corrected chi connectivity index (χ4v) is 1.42. The summed E-state index contributed by atoms with van der Waals surface area (Å²) < 4.78 is 26.1. The second-order valence-electron chi connectivity index (χ2n) is 4.19. The number of hydrogen-bond donors (Lipinski definition) is 1. The molecule has 0 spiro atoms. The molecular weight excluding hydrogens is 258 g/mol. The van der Waals surface area contributed by atoms with Crippen molar-refractivity contribution in [3.05, 3.63) is 0 Å². The second-order valence-corrected chi connectivity index (χ2v) is 4.19. The number of carbonyl (C=O) groups excluding carboxylic acids is 2. The third-order valence-corrected chi connectivity index (χ3v) is 2.61. The summed E-state index contributed by atoms with van der Waals surface area (Å²) >= 11 is 0. The normalized spacial score (nSPS) is 27.2. The number of esters is 1. The predicted octanol–water partition coefficient (Wildman–Crippen LogP) is -0.872. The van der Waals surface area contributed by atoms with E-state index in [1.165, 1.54) is 0 Å². The summed E-state index contributed by atoms with van der Waals surface area (Å²) in [5, 5.41) is 2.23. The summed E-state index contributed by atoms with van der Waals surface area (Å²) in [6.07, 6.45) is 0.178. The molecule has 3 atom stereocenters. The van der Waals surface area contributed by atoms with Crippen molar-refractivity contribution >= 4 is 12.4 Å². The molecule has 2 aliphatic rings. The molecule has 0 bridgehead atoms. The van der Waals surface area contributed by atoms with Gasteiger partial charge in [0.2, 0.25) is 12.2 Å². The summed E-state index contributed by atoms with van der Waals surface area (Å²) in [4.78, 5) is 21.7. The Morgan fingerprint density at radius 2 is 2.11 bits per heavy atom. The molecule has 2 rings (SSSR count). The minimum atomic E-state index is -1.21. The van der Waals surface area contributed by atoms with E-state index in [4.69, 9.17) is 23.7 Å². The van der Waals surface area contributed by atoms with E-state index in [1.54, 1.807) is 6.92 Å². The summed E-state index contributed by atoms with van der Waals surface area (Å²) in [5.41, 5.74) is 0. The number of ether oxygens (including phenoxy) is 5. The molecule has 2 saturated heterocycles. The van der Waals surface area contributed by atoms with Crippen LogP contribution < -0.4 is 5.32 Å². The van der Waals surface area contributed by atoms with Crippen molar-refractivity contribution in [3.63, 3.8) is 0 Å². The zero-order chi connectivity index (χ0) is 13.7. The molecule has 2 heterocycles. The number of hydrogen-bond acceptors (Lipinski definition) is 7. The third-order valence-electron chi connectivity index (χ3n) is 2.61. The van der Waals surface area contributed by atoms with Gasteiger partial charge in [-0.2, -0.15) is 0 Å². The average molecular weight is 275 g/mol. The van der Waals surface area contributed by atoms with Crippen LogP contribution in [0.1, 0.15) is 13.3 Å². The van der Waals surface area contributed by atoms with Crippen LogP contribution in [0, 0.1) is 0 Å². The molecule has 0 radical (unpaired) electrons. The summed E-state index contributed by atoms with van der Waals surface area (Å²) in [7, 11) is 0. The zero-order valence-electron chi connectivity index (χ0n) is 10.6. The van der Waals surface area contributed by atoms with Crippen LogP contribution in [0.5, 0.6) is 0 Å². The molecule has 0 aliphatic carbocycles. The van der Waals surface area contributed by atoms with E-state index < -0.39 is 11.8 Å². The van der Waals surface area contributed by atoms with Crippen LogP contribution >= 0.6 is 0 Å². The van der Waals surface area contributed by atoms with Gasteiger partial charge in [-0.3, -0.25) is 9.59 Å². The SMILES string of the molecule is CCC(COC1CO1)(OC(=O)CNC=O)OC1CO1. The second kappa shape index (κ2) is 6.29. The van der Waals surface area contributed by atoms with Crippen LogP contribution in [-0.2, 0) is 33.3 Å². The van der Waals surface area contributed by atoms with Crippen LogP contribution in [0.4, 0.5) is 0 Å². The van der Waals surface area contributed by atoms with E-state index >= 15 is 0 Å². The maximum absolute atomic E-state index is 11.6. The van der Waals surface area contributed by atoms with Crippen LogP contribution in [-0.4, -0.2) is 57.1 Å². The van der Waals surface area contributed by atoms with Gasteiger partial charge in [-0.15, -0.1) is 0 Å². The maximum Gasteiger partial charge on any atom is 0.327 e. The largest absolute Gasteiger partial charge is 0.429 e. The van der Waals surface area contributed by atoms with Gasteiger partial charge in [0.1, 0.15) is 26.4 Å². The van der Waals surface area contributed by atoms with Crippen LogP contribution in [0.15, 0.2) is 0 Å². The van der Waals surface area contributed by atoms with Crippen LogP contribution in [0.25, 0.3) is 0 Å². The van der Waals surface area contributed by atoms with Gasteiger partial charge >= 0.3 is 5.97 Å². The first kappa shape index (κ1) is 14.2. The molecule has 19 heavy (non-hydrogen) atoms. The minimum absolute atomic E-state index is 0.0564. The highest BCUT2D eigenvalue weighted by Crippen LogP contribution is 2.27. The number of rotatable bonds is 10. The molecule has 8 heteroatoms. The van der Waals surface area contributed by atoms with E-state index in [0.29, 0.717) is 26.0 Å². The van der Waals surface area contributed by atoms with Crippen molar-refractivity contribution in [3.8, 4) is 0 Å². The molecule has 1 amide bonds. The molecule has 1 N–H and O–H groups in total. The average Bonchev–Trinajstić information content (AvgIpc) is 3.27. The van der Waals surface area contributed by atoms with Crippen molar-refractivity contribution < 1.29 is 33.3 Å². The standard InChI is InChI=1S/C11H17NO7/c1-2-11(19-10-5-16-10,6-17-9-4-15-9)18-8(14)3-12-7-13/h7,9-10H,2-6H2,1H3,(H,12,13). The summed E-state index contributed by atoms with van der Waals surface area (Å²) in [6, 6.07) is 0. The van der Waals surface area contributed by atoms with Crippen molar-refractivity contribution in [2.75, 3.05) is 26.4 Å². The predicted molar refractivity (Wildman–Crippen MR) is 59.7 cm³/mol. The highest BCUT2D eigenvalue weighted by Gasteiger charge is 2.42. The first-order valence-electron chi connectivity index (χ1n) is 6.09. The topological polar surface area (TPSA) is 98.9 Å². The Morgan fingerprint density at radius 1 is 1.42 bits per heavy atom. The Bertz CT molecular complexity index is 329. The van der Waals surface area contributed by atoms with Crippen molar-refractivity contribution in [1.82, 2.24) is 5.32 Å². The van der Waals surface area contributed by atoms with Crippen molar-refractivity contribution in [2.45, 2.75) is 31.7 Å². The first-order valence-corrected chi connectivity index (χ1v) is 6.09. The van der Waals surface area contributed by atoms with Gasteiger partial charge in [0, 0.05) is 6.42 Å². The molecule has 2 fully saturated rings. The van der Waals surface area contributed by atoms with Crippen LogP contribution in [0.2, 0.25) is 0 Å². The summed E-state index contributed by atoms with van der Waals surface area (Å²) in [5.74, 6) is -1.82. The lowest BCUT2D eigenvalue weighted by Gasteiger charge is -2.31. The molecule has 2 aliphatic heterocycles. The molecular formula is C11H17NO7. The van der Waals surface area contributed by atoms with Gasteiger partial charge in [0.25, 0.3) is 0 Å². The lowest BCUT2D eigenvalue weighted by molar-refractivity contribution is -0.271. The lowest BCUT2D eigenvalue weighted by atomic mass is 10.2. The number of carbonyl (C=O) groups is 2. The van der Waals surface area contributed by atoms with Gasteiger partial charge < -0.3 is 29.0 Å². The van der Waals surface area contributed by atoms with E-state index in [0.717, 1.165) is 0 Å². The van der Waals surface area contributed by atoms with Gasteiger partial charge in [0.15, 0.2) is 12.6 Å². The van der Waals surface area contributed by atoms with E-state index in [1.807, 2.05) is 0 Å². The highest BCUT2D eigenvalue weighted by molar-refractivity contribution is 5.74. The smallest absolute Gasteiger partial charge is 0.327 e. The molecule has 8 nitrogen and oxygen atoms in total. The molecule has 0 aromatic rings. The van der Waals surface area contributed by atoms with E-state index in [2.05, 4.69) is 5.32 Å². The molecule has 0 aromatic heterocycles. The number of amides is 1. The third kappa shape index (κ3) is 4.75. The summed E-state index contributed by atoms with van der Waals surface area (Å²) in [6.45, 7) is 2.63. The van der Waals surface area contributed by atoms with Crippen molar-refractivity contribution in [2.24, 2.45) is 0 Å². The molecule has 108 valence electrons. The lowest BCUT2D eigenvalue weighted by Crippen LogP contribution is -2.45. The zero-order valence-corrected chi connectivity index (χ0v) is 10.6. The first-order chi connectivity index (χ1) is 9.17. The number of nitrogens with one attached hydrogen (secondary N) is 1. The Labute approximate surface area is 110 Å². The highest BCUT2D eigenvalue weighted by atomic mass is 16.8. The monoisotopic (exact) mass is 275 g/mol. The molecule has 3 unspecified atom stereocenters. The Morgan fingerprint density at radius 3 is 2.63 bits per heavy atom. The Balaban J connectivity index is 1.88. The van der Waals surface area contributed by atoms with Gasteiger partial charge in [-0.25, -0.2) is 0 Å². The number of epoxide rings is 2. The fourth-order valence-electron chi connectivity index (χ4n) is 1.42. The minimum Gasteiger partial charge on any atom is -0.429 e. The quantitative estimate of drug-likeness (QED) is 0.239. The van der Waals surface area contributed by atoms with E-state index in [9.17, 15) is 9.59 Å².